The van der Waals surface area contributed by atoms with E-state index >= 15 is 0 Å². The molecule has 2 N–H and O–H groups in total. The van der Waals surface area contributed by atoms with E-state index in [4.69, 9.17) is 0 Å². The van der Waals surface area contributed by atoms with Gasteiger partial charge in [0.25, 0.3) is 0 Å². The second kappa shape index (κ2) is 8.14. The Bertz CT molecular complexity index is 554. The minimum Gasteiger partial charge on any atom is -0.313 e. The monoisotopic (exact) mass is 299 g/mol. The number of nitrogens with one attached hydrogen (secondary N) is 2. The first-order valence-corrected chi connectivity index (χ1v) is 8.34. The van der Waals surface area contributed by atoms with Crippen LogP contribution in [0.4, 0.5) is 0 Å². The molecule has 120 valence electrons. The molecule has 0 unspecified atom stereocenters. The quantitative estimate of drug-likeness (QED) is 0.728. The summed E-state index contributed by atoms with van der Waals surface area (Å²) in [4.78, 5) is 0. The zero-order valence-electron chi connectivity index (χ0n) is 14.3. The fourth-order valence-corrected chi connectivity index (χ4v) is 2.72. The van der Waals surface area contributed by atoms with Gasteiger partial charge in [0.2, 0.25) is 0 Å². The lowest BCUT2D eigenvalue weighted by Gasteiger charge is -2.23. The van der Waals surface area contributed by atoms with E-state index in [2.05, 4.69) is 67.5 Å². The van der Waals surface area contributed by atoms with E-state index in [9.17, 15) is 0 Å². The van der Waals surface area contributed by atoms with Crippen LogP contribution in [0.25, 0.3) is 0 Å². The molecule has 0 aliphatic rings. The summed E-state index contributed by atoms with van der Waals surface area (Å²) >= 11 is 0. The van der Waals surface area contributed by atoms with E-state index in [1.54, 1.807) is 0 Å². The summed E-state index contributed by atoms with van der Waals surface area (Å²) in [6.45, 7) is 9.88. The predicted molar refractivity (Wildman–Crippen MR) is 93.2 cm³/mol. The third-order valence-corrected chi connectivity index (χ3v) is 4.34. The van der Waals surface area contributed by atoms with E-state index in [1.165, 1.54) is 22.4 Å². The van der Waals surface area contributed by atoms with Crippen molar-refractivity contribution in [1.29, 1.82) is 0 Å². The van der Waals surface area contributed by atoms with Crippen molar-refractivity contribution < 1.29 is 0 Å². The number of hydrogen-bond donors (Lipinski definition) is 2. The molecule has 3 nitrogen and oxygen atoms in total. The lowest BCUT2D eigenvalue weighted by molar-refractivity contribution is 0.394. The van der Waals surface area contributed by atoms with Crippen molar-refractivity contribution >= 4 is 0 Å². The first-order valence-electron chi connectivity index (χ1n) is 8.34. The van der Waals surface area contributed by atoms with Gasteiger partial charge in [-0.2, -0.15) is 5.10 Å². The molecule has 2 aromatic rings. The third kappa shape index (κ3) is 4.99. The maximum atomic E-state index is 4.08. The summed E-state index contributed by atoms with van der Waals surface area (Å²) in [6, 6.07) is 9.44. The Morgan fingerprint density at radius 2 is 1.86 bits per heavy atom. The topological polar surface area (TPSA) is 40.7 Å². The van der Waals surface area contributed by atoms with Gasteiger partial charge in [-0.05, 0) is 56.7 Å². The fraction of sp³-hybridized carbons (Fsp3) is 0.526. The minimum absolute atomic E-state index is 0.535. The molecule has 0 aliphatic heterocycles. The van der Waals surface area contributed by atoms with Crippen LogP contribution in [0.1, 0.15) is 42.7 Å². The van der Waals surface area contributed by atoms with Gasteiger partial charge >= 0.3 is 0 Å². The average Bonchev–Trinajstić information content (AvgIpc) is 2.89. The summed E-state index contributed by atoms with van der Waals surface area (Å²) in [5, 5.41) is 10.8. The van der Waals surface area contributed by atoms with Crippen LogP contribution >= 0.6 is 0 Å². The predicted octanol–water partition coefficient (Wildman–Crippen LogP) is 3.82. The Balaban J connectivity index is 1.79. The normalized spacial score (nSPS) is 12.8. The van der Waals surface area contributed by atoms with E-state index < -0.39 is 0 Å². The molecule has 3 heteroatoms. The van der Waals surface area contributed by atoms with Gasteiger partial charge in [-0.15, -0.1) is 0 Å². The van der Waals surface area contributed by atoms with Gasteiger partial charge in [0.15, 0.2) is 0 Å². The summed E-state index contributed by atoms with van der Waals surface area (Å²) in [6.07, 6.45) is 5.28. The molecule has 0 radical (unpaired) electrons. The Hall–Kier alpha value is -1.61. The van der Waals surface area contributed by atoms with Crippen molar-refractivity contribution in [3.8, 4) is 0 Å². The molecular weight excluding hydrogens is 270 g/mol. The molecule has 0 aliphatic carbocycles. The van der Waals surface area contributed by atoms with Gasteiger partial charge in [-0.1, -0.05) is 43.7 Å². The lowest BCUT2D eigenvalue weighted by Crippen LogP contribution is -2.36. The summed E-state index contributed by atoms with van der Waals surface area (Å²) < 4.78 is 0. The standard InChI is InChI=1S/C19H29N3/c1-14(2)19(12-17-9-7-15(3)8-10-17)20-11-5-6-18-13-21-22-16(18)4/h7-10,13-14,19-20H,5-6,11-12H2,1-4H3,(H,21,22)/t19-/m0/s1. The maximum absolute atomic E-state index is 4.08. The summed E-state index contributed by atoms with van der Waals surface area (Å²) in [7, 11) is 0. The van der Waals surface area contributed by atoms with Crippen molar-refractivity contribution in [3.63, 3.8) is 0 Å². The Kier molecular flexibility index (Phi) is 6.20. The number of hydrogen-bond acceptors (Lipinski definition) is 2. The molecule has 0 spiro atoms. The summed E-state index contributed by atoms with van der Waals surface area (Å²) in [5.74, 6) is 0.636. The van der Waals surface area contributed by atoms with E-state index in [0.717, 1.165) is 25.8 Å². The molecule has 1 aromatic heterocycles. The average molecular weight is 299 g/mol. The Morgan fingerprint density at radius 1 is 1.14 bits per heavy atom. The first-order chi connectivity index (χ1) is 10.6. The molecule has 0 amide bonds. The molecule has 22 heavy (non-hydrogen) atoms. The maximum Gasteiger partial charge on any atom is 0.0522 e. The Labute approximate surface area is 134 Å². The largest absolute Gasteiger partial charge is 0.313 e. The van der Waals surface area contributed by atoms with Gasteiger partial charge in [0.05, 0.1) is 6.20 Å². The van der Waals surface area contributed by atoms with Crippen LogP contribution in [0.5, 0.6) is 0 Å². The van der Waals surface area contributed by atoms with Crippen molar-refractivity contribution in [3.05, 3.63) is 52.8 Å². The van der Waals surface area contributed by atoms with E-state index in [-0.39, 0.29) is 0 Å². The zero-order valence-corrected chi connectivity index (χ0v) is 14.3. The second-order valence-electron chi connectivity index (χ2n) is 6.62. The molecule has 2 rings (SSSR count). The number of rotatable bonds is 8. The summed E-state index contributed by atoms with van der Waals surface area (Å²) in [5.41, 5.74) is 5.28. The van der Waals surface area contributed by atoms with Crippen molar-refractivity contribution in [2.24, 2.45) is 5.92 Å². The van der Waals surface area contributed by atoms with Gasteiger partial charge < -0.3 is 5.32 Å². The van der Waals surface area contributed by atoms with Gasteiger partial charge in [-0.3, -0.25) is 5.10 Å². The molecule has 1 heterocycles. The molecular formula is C19H29N3. The van der Waals surface area contributed by atoms with Crippen molar-refractivity contribution in [2.45, 2.75) is 53.0 Å². The lowest BCUT2D eigenvalue weighted by atomic mass is 9.95. The highest BCUT2D eigenvalue weighted by molar-refractivity contribution is 5.22. The smallest absolute Gasteiger partial charge is 0.0522 e. The van der Waals surface area contributed by atoms with Crippen LogP contribution in [0.15, 0.2) is 30.5 Å². The van der Waals surface area contributed by atoms with Gasteiger partial charge in [0.1, 0.15) is 0 Å². The fourth-order valence-electron chi connectivity index (χ4n) is 2.72. The van der Waals surface area contributed by atoms with E-state index in [0.29, 0.717) is 12.0 Å². The van der Waals surface area contributed by atoms with Gasteiger partial charge in [-0.25, -0.2) is 0 Å². The van der Waals surface area contributed by atoms with Crippen molar-refractivity contribution in [1.82, 2.24) is 15.5 Å². The van der Waals surface area contributed by atoms with Crippen LogP contribution < -0.4 is 5.32 Å². The molecule has 1 aromatic carbocycles. The number of nitrogens with zero attached hydrogens (tertiary/aromatic N) is 1. The number of H-pyrrole nitrogens is 1. The van der Waals surface area contributed by atoms with E-state index in [1.807, 2.05) is 6.20 Å². The molecule has 0 fully saturated rings. The highest BCUT2D eigenvalue weighted by Crippen LogP contribution is 2.12. The molecule has 0 saturated heterocycles. The zero-order chi connectivity index (χ0) is 15.9. The number of aromatic nitrogens is 2. The van der Waals surface area contributed by atoms with Crippen LogP contribution in [0, 0.1) is 19.8 Å². The number of aryl methyl sites for hydroxylation is 3. The molecule has 1 atom stereocenters. The van der Waals surface area contributed by atoms with Crippen LogP contribution in [0.3, 0.4) is 0 Å². The highest BCUT2D eigenvalue weighted by atomic mass is 15.1. The van der Waals surface area contributed by atoms with Crippen LogP contribution in [-0.2, 0) is 12.8 Å². The Morgan fingerprint density at radius 3 is 2.45 bits per heavy atom. The van der Waals surface area contributed by atoms with Crippen molar-refractivity contribution in [2.75, 3.05) is 6.54 Å². The third-order valence-electron chi connectivity index (χ3n) is 4.34. The van der Waals surface area contributed by atoms with Crippen LogP contribution in [-0.4, -0.2) is 22.8 Å². The molecule has 0 bridgehead atoms. The number of benzene rings is 1. The van der Waals surface area contributed by atoms with Crippen LogP contribution in [0.2, 0.25) is 0 Å². The highest BCUT2D eigenvalue weighted by Gasteiger charge is 2.13. The first kappa shape index (κ1) is 16.8. The second-order valence-corrected chi connectivity index (χ2v) is 6.62. The number of aromatic amines is 1. The SMILES string of the molecule is Cc1ccc(C[C@H](NCCCc2cn[nH]c2C)C(C)C)cc1. The minimum atomic E-state index is 0.535. The van der Waals surface area contributed by atoms with Gasteiger partial charge in [0, 0.05) is 11.7 Å². The molecule has 0 saturated carbocycles.